The number of terminal acetylenes is 1. The van der Waals surface area contributed by atoms with Crippen molar-refractivity contribution >= 4 is 23.2 Å². The number of hydrogen-bond acceptors (Lipinski definition) is 4. The Morgan fingerprint density at radius 2 is 2.39 bits per heavy atom. The van der Waals surface area contributed by atoms with E-state index < -0.39 is 12.1 Å². The number of thioether (sulfide) groups is 1. The summed E-state index contributed by atoms with van der Waals surface area (Å²) in [5, 5.41) is 0.742. The molecule has 0 aliphatic rings. The number of ether oxygens (including phenoxy) is 1. The highest BCUT2D eigenvalue weighted by Gasteiger charge is 2.19. The van der Waals surface area contributed by atoms with Crippen molar-refractivity contribution in [2.45, 2.75) is 18.2 Å². The molecule has 18 heavy (non-hydrogen) atoms. The van der Waals surface area contributed by atoms with Crippen LogP contribution in [0.5, 0.6) is 0 Å². The summed E-state index contributed by atoms with van der Waals surface area (Å²) in [6.07, 6.45) is 8.39. The number of hydrogen-bond donors (Lipinski definition) is 0. The predicted molar refractivity (Wildman–Crippen MR) is 70.7 cm³/mol. The average Bonchev–Trinajstić information content (AvgIpc) is 2.77. The molecule has 1 atom stereocenters. The fraction of sp³-hybridized carbons (Fsp3) is 0.231. The van der Waals surface area contributed by atoms with E-state index in [1.807, 2.05) is 35.1 Å². The van der Waals surface area contributed by atoms with Crippen molar-refractivity contribution < 1.29 is 9.53 Å². The fourth-order valence-corrected chi connectivity index (χ4v) is 2.09. The third-order valence-corrected chi connectivity index (χ3v) is 3.06. The van der Waals surface area contributed by atoms with E-state index in [0.717, 1.165) is 10.7 Å². The molecule has 0 radical (unpaired) electrons. The quantitative estimate of drug-likeness (QED) is 0.482. The molecule has 0 saturated carbocycles. The number of rotatable bonds is 3. The van der Waals surface area contributed by atoms with E-state index in [1.165, 1.54) is 11.8 Å². The van der Waals surface area contributed by atoms with Crippen LogP contribution >= 0.6 is 11.8 Å². The van der Waals surface area contributed by atoms with E-state index in [0.29, 0.717) is 5.69 Å². The first kappa shape index (κ1) is 12.5. The van der Waals surface area contributed by atoms with Gasteiger partial charge in [0.2, 0.25) is 0 Å². The lowest BCUT2D eigenvalue weighted by Gasteiger charge is -2.05. The third-order valence-electron chi connectivity index (χ3n) is 2.41. The number of fused-ring (bicyclic) bond motifs is 1. The lowest BCUT2D eigenvalue weighted by atomic mass is 10.3. The van der Waals surface area contributed by atoms with Crippen molar-refractivity contribution in [3.05, 3.63) is 30.1 Å². The standard InChI is InChI=1S/C13H12N2O2S/c1-4-9(2)17-12(16)11-10-7-5-6-8-15(10)13(14-11)18-3/h1,5-9H,2-3H3/t9-/m1/s1. The minimum absolute atomic E-state index is 0.294. The Kier molecular flexibility index (Phi) is 3.58. The molecule has 0 unspecified atom stereocenters. The highest BCUT2D eigenvalue weighted by atomic mass is 32.2. The minimum atomic E-state index is -0.560. The molecule has 0 aliphatic carbocycles. The van der Waals surface area contributed by atoms with Gasteiger partial charge in [-0.3, -0.25) is 4.40 Å². The van der Waals surface area contributed by atoms with Gasteiger partial charge in [0.25, 0.3) is 0 Å². The molecule has 0 fully saturated rings. The largest absolute Gasteiger partial charge is 0.445 e. The zero-order valence-electron chi connectivity index (χ0n) is 10.1. The van der Waals surface area contributed by atoms with Gasteiger partial charge in [-0.15, -0.1) is 6.42 Å². The number of pyridine rings is 1. The molecule has 0 N–H and O–H groups in total. The van der Waals surface area contributed by atoms with Crippen LogP contribution in [0.3, 0.4) is 0 Å². The SMILES string of the molecule is C#C[C@@H](C)OC(=O)c1nc(SC)n2ccccc12. The molecule has 0 amide bonds. The van der Waals surface area contributed by atoms with E-state index in [1.54, 1.807) is 6.92 Å². The van der Waals surface area contributed by atoms with Gasteiger partial charge in [0.15, 0.2) is 17.0 Å². The number of esters is 1. The molecule has 0 saturated heterocycles. The monoisotopic (exact) mass is 260 g/mol. The number of aromatic nitrogens is 2. The topological polar surface area (TPSA) is 43.6 Å². The van der Waals surface area contributed by atoms with Crippen LogP contribution in [0, 0.1) is 12.3 Å². The normalized spacial score (nSPS) is 12.1. The van der Waals surface area contributed by atoms with Gasteiger partial charge in [0.1, 0.15) is 0 Å². The molecular formula is C13H12N2O2S. The molecule has 92 valence electrons. The molecular weight excluding hydrogens is 248 g/mol. The van der Waals surface area contributed by atoms with Crippen molar-refractivity contribution in [1.29, 1.82) is 0 Å². The summed E-state index contributed by atoms with van der Waals surface area (Å²) in [7, 11) is 0. The zero-order chi connectivity index (χ0) is 13.1. The van der Waals surface area contributed by atoms with Crippen molar-refractivity contribution in [3.8, 4) is 12.3 Å². The summed E-state index contributed by atoms with van der Waals surface area (Å²) in [4.78, 5) is 16.2. The van der Waals surface area contributed by atoms with Gasteiger partial charge in [0, 0.05) is 6.20 Å². The van der Waals surface area contributed by atoms with Gasteiger partial charge in [-0.1, -0.05) is 23.7 Å². The average molecular weight is 260 g/mol. The summed E-state index contributed by atoms with van der Waals surface area (Å²) in [5.74, 6) is 1.86. The van der Waals surface area contributed by atoms with Crippen LogP contribution < -0.4 is 0 Å². The number of imidazole rings is 1. The maximum atomic E-state index is 12.0. The highest BCUT2D eigenvalue weighted by Crippen LogP contribution is 2.20. The van der Waals surface area contributed by atoms with Crippen molar-refractivity contribution in [1.82, 2.24) is 9.38 Å². The molecule has 0 aliphatic heterocycles. The molecule has 4 nitrogen and oxygen atoms in total. The van der Waals surface area contributed by atoms with Crippen molar-refractivity contribution in [2.24, 2.45) is 0 Å². The van der Waals surface area contributed by atoms with Gasteiger partial charge in [-0.05, 0) is 25.3 Å². The Morgan fingerprint density at radius 1 is 1.61 bits per heavy atom. The molecule has 2 heterocycles. The maximum Gasteiger partial charge on any atom is 0.360 e. The van der Waals surface area contributed by atoms with Crippen LogP contribution in [-0.2, 0) is 4.74 Å². The van der Waals surface area contributed by atoms with Crippen LogP contribution in [0.25, 0.3) is 5.52 Å². The molecule has 0 bridgehead atoms. The lowest BCUT2D eigenvalue weighted by molar-refractivity contribution is 0.0434. The summed E-state index contributed by atoms with van der Waals surface area (Å²) in [6, 6.07) is 5.56. The predicted octanol–water partition coefficient (Wildman–Crippen LogP) is 2.23. The van der Waals surface area contributed by atoms with Gasteiger partial charge in [-0.2, -0.15) is 0 Å². The molecule has 0 spiro atoms. The second-order valence-electron chi connectivity index (χ2n) is 3.62. The summed E-state index contributed by atoms with van der Waals surface area (Å²) < 4.78 is 6.94. The van der Waals surface area contributed by atoms with E-state index in [9.17, 15) is 4.79 Å². The van der Waals surface area contributed by atoms with E-state index in [2.05, 4.69) is 10.9 Å². The summed E-state index contributed by atoms with van der Waals surface area (Å²) in [6.45, 7) is 1.64. The Labute approximate surface area is 109 Å². The van der Waals surface area contributed by atoms with E-state index >= 15 is 0 Å². The smallest absolute Gasteiger partial charge is 0.360 e. The first-order chi connectivity index (χ1) is 8.67. The number of nitrogens with zero attached hydrogens (tertiary/aromatic N) is 2. The number of carbonyl (C=O) groups excluding carboxylic acids is 1. The lowest BCUT2D eigenvalue weighted by Crippen LogP contribution is -2.13. The molecule has 0 aromatic carbocycles. The molecule has 2 rings (SSSR count). The van der Waals surface area contributed by atoms with Gasteiger partial charge >= 0.3 is 5.97 Å². The highest BCUT2D eigenvalue weighted by molar-refractivity contribution is 7.98. The second kappa shape index (κ2) is 5.15. The van der Waals surface area contributed by atoms with Crippen LogP contribution in [0.2, 0.25) is 0 Å². The second-order valence-corrected chi connectivity index (χ2v) is 4.39. The van der Waals surface area contributed by atoms with Crippen LogP contribution in [0.1, 0.15) is 17.4 Å². The Bertz CT molecular complexity index is 627. The summed E-state index contributed by atoms with van der Waals surface area (Å²) in [5.41, 5.74) is 1.01. The van der Waals surface area contributed by atoms with Gasteiger partial charge in [0.05, 0.1) is 5.52 Å². The van der Waals surface area contributed by atoms with Crippen LogP contribution in [-0.4, -0.2) is 27.7 Å². The maximum absolute atomic E-state index is 12.0. The first-order valence-electron chi connectivity index (χ1n) is 5.35. The van der Waals surface area contributed by atoms with Crippen LogP contribution in [0.4, 0.5) is 0 Å². The third kappa shape index (κ3) is 2.20. The van der Waals surface area contributed by atoms with Crippen molar-refractivity contribution in [3.63, 3.8) is 0 Å². The molecule has 2 aromatic rings. The number of carbonyl (C=O) groups is 1. The Morgan fingerprint density at radius 3 is 3.06 bits per heavy atom. The van der Waals surface area contributed by atoms with E-state index in [4.69, 9.17) is 11.2 Å². The van der Waals surface area contributed by atoms with Crippen LogP contribution in [0.15, 0.2) is 29.6 Å². The van der Waals surface area contributed by atoms with Gasteiger partial charge < -0.3 is 4.74 Å². The minimum Gasteiger partial charge on any atom is -0.445 e. The Balaban J connectivity index is 2.45. The van der Waals surface area contributed by atoms with Crippen molar-refractivity contribution in [2.75, 3.05) is 6.26 Å². The van der Waals surface area contributed by atoms with E-state index in [-0.39, 0.29) is 0 Å². The molecule has 5 heteroatoms. The van der Waals surface area contributed by atoms with Gasteiger partial charge in [-0.25, -0.2) is 9.78 Å². The summed E-state index contributed by atoms with van der Waals surface area (Å²) >= 11 is 1.46. The Hall–Kier alpha value is -1.93. The zero-order valence-corrected chi connectivity index (χ0v) is 10.9. The fourth-order valence-electron chi connectivity index (χ4n) is 1.55. The first-order valence-corrected chi connectivity index (χ1v) is 6.58. The molecule has 2 aromatic heterocycles.